The summed E-state index contributed by atoms with van der Waals surface area (Å²) < 4.78 is 2.23. The van der Waals surface area contributed by atoms with Crippen molar-refractivity contribution in [2.45, 2.75) is 6.54 Å². The SMILES string of the molecule is C#CCNCCn1ccc2ccccc21. The molecule has 0 spiro atoms. The summed E-state index contributed by atoms with van der Waals surface area (Å²) >= 11 is 0. The van der Waals surface area contributed by atoms with Crippen LogP contribution in [0.4, 0.5) is 0 Å². The number of benzene rings is 1. The van der Waals surface area contributed by atoms with Gasteiger partial charge in [-0.3, -0.25) is 0 Å². The Hall–Kier alpha value is -1.72. The number of nitrogens with zero attached hydrogens (tertiary/aromatic N) is 1. The Labute approximate surface area is 89.9 Å². The standard InChI is InChI=1S/C13H14N2/c1-2-8-14-9-11-15-10-7-12-5-3-4-6-13(12)15/h1,3-7,10,14H,8-9,11H2. The van der Waals surface area contributed by atoms with Crippen molar-refractivity contribution in [2.24, 2.45) is 0 Å². The summed E-state index contributed by atoms with van der Waals surface area (Å²) in [5.74, 6) is 2.56. The van der Waals surface area contributed by atoms with Crippen molar-refractivity contribution in [1.29, 1.82) is 0 Å². The van der Waals surface area contributed by atoms with Crippen LogP contribution >= 0.6 is 0 Å². The number of hydrogen-bond donors (Lipinski definition) is 1. The summed E-state index contributed by atoms with van der Waals surface area (Å²) in [6.07, 6.45) is 7.27. The number of rotatable bonds is 4. The van der Waals surface area contributed by atoms with Gasteiger partial charge in [0.05, 0.1) is 6.54 Å². The predicted octanol–water partition coefficient (Wildman–Crippen LogP) is 1.86. The van der Waals surface area contributed by atoms with Crippen LogP contribution in [-0.2, 0) is 6.54 Å². The van der Waals surface area contributed by atoms with Crippen LogP contribution in [0.15, 0.2) is 36.5 Å². The van der Waals surface area contributed by atoms with E-state index in [9.17, 15) is 0 Å². The maximum absolute atomic E-state index is 5.16. The van der Waals surface area contributed by atoms with Crippen molar-refractivity contribution >= 4 is 10.9 Å². The van der Waals surface area contributed by atoms with E-state index >= 15 is 0 Å². The molecule has 0 unspecified atom stereocenters. The highest BCUT2D eigenvalue weighted by molar-refractivity contribution is 5.79. The molecule has 0 saturated carbocycles. The molecule has 1 aromatic carbocycles. The number of terminal acetylenes is 1. The van der Waals surface area contributed by atoms with Gasteiger partial charge in [-0.2, -0.15) is 0 Å². The molecular weight excluding hydrogens is 184 g/mol. The van der Waals surface area contributed by atoms with Crippen LogP contribution in [0.1, 0.15) is 0 Å². The lowest BCUT2D eigenvalue weighted by atomic mass is 10.2. The first kappa shape index (κ1) is 9.82. The van der Waals surface area contributed by atoms with Crippen molar-refractivity contribution in [3.8, 4) is 12.3 Å². The van der Waals surface area contributed by atoms with Gasteiger partial charge in [-0.15, -0.1) is 6.42 Å². The summed E-state index contributed by atoms with van der Waals surface area (Å²) in [5, 5.41) is 4.47. The highest BCUT2D eigenvalue weighted by atomic mass is 15.0. The van der Waals surface area contributed by atoms with E-state index in [1.54, 1.807) is 0 Å². The van der Waals surface area contributed by atoms with Crippen LogP contribution in [0.5, 0.6) is 0 Å². The fraction of sp³-hybridized carbons (Fsp3) is 0.231. The number of hydrogen-bond acceptors (Lipinski definition) is 1. The van der Waals surface area contributed by atoms with Crippen LogP contribution in [0.25, 0.3) is 10.9 Å². The molecule has 1 aromatic heterocycles. The summed E-state index contributed by atoms with van der Waals surface area (Å²) in [6, 6.07) is 10.5. The van der Waals surface area contributed by atoms with E-state index in [0.717, 1.165) is 13.1 Å². The topological polar surface area (TPSA) is 17.0 Å². The molecule has 76 valence electrons. The molecule has 2 rings (SSSR count). The first-order valence-electron chi connectivity index (χ1n) is 5.10. The van der Waals surface area contributed by atoms with E-state index in [1.165, 1.54) is 10.9 Å². The molecule has 0 radical (unpaired) electrons. The van der Waals surface area contributed by atoms with E-state index < -0.39 is 0 Å². The molecular formula is C13H14N2. The number of para-hydroxylation sites is 1. The number of fused-ring (bicyclic) bond motifs is 1. The quantitative estimate of drug-likeness (QED) is 0.586. The predicted molar refractivity (Wildman–Crippen MR) is 63.6 cm³/mol. The zero-order valence-electron chi connectivity index (χ0n) is 8.61. The Morgan fingerprint density at radius 2 is 2.13 bits per heavy atom. The molecule has 0 aliphatic carbocycles. The van der Waals surface area contributed by atoms with Crippen molar-refractivity contribution in [3.63, 3.8) is 0 Å². The molecule has 0 bridgehead atoms. The van der Waals surface area contributed by atoms with Crippen LogP contribution in [-0.4, -0.2) is 17.7 Å². The minimum absolute atomic E-state index is 0.638. The Bertz CT molecular complexity index is 476. The lowest BCUT2D eigenvalue weighted by Crippen LogP contribution is -2.19. The van der Waals surface area contributed by atoms with Crippen LogP contribution in [0.2, 0.25) is 0 Å². The van der Waals surface area contributed by atoms with Crippen LogP contribution in [0.3, 0.4) is 0 Å². The van der Waals surface area contributed by atoms with Crippen LogP contribution < -0.4 is 5.32 Å². The average Bonchev–Trinajstić information content (AvgIpc) is 2.68. The summed E-state index contributed by atoms with van der Waals surface area (Å²) in [6.45, 7) is 2.50. The van der Waals surface area contributed by atoms with Gasteiger partial charge in [0.25, 0.3) is 0 Å². The Morgan fingerprint density at radius 3 is 3.00 bits per heavy atom. The minimum Gasteiger partial charge on any atom is -0.346 e. The van der Waals surface area contributed by atoms with E-state index in [0.29, 0.717) is 6.54 Å². The van der Waals surface area contributed by atoms with Crippen molar-refractivity contribution < 1.29 is 0 Å². The van der Waals surface area contributed by atoms with Crippen LogP contribution in [0, 0.1) is 12.3 Å². The smallest absolute Gasteiger partial charge is 0.0574 e. The van der Waals surface area contributed by atoms with Gasteiger partial charge in [-0.05, 0) is 17.5 Å². The average molecular weight is 198 g/mol. The normalized spacial score (nSPS) is 10.3. The molecule has 0 amide bonds. The minimum atomic E-state index is 0.638. The zero-order valence-corrected chi connectivity index (χ0v) is 8.61. The largest absolute Gasteiger partial charge is 0.346 e. The molecule has 15 heavy (non-hydrogen) atoms. The lowest BCUT2D eigenvalue weighted by Gasteiger charge is -2.05. The van der Waals surface area contributed by atoms with Gasteiger partial charge in [-0.25, -0.2) is 0 Å². The molecule has 0 fully saturated rings. The van der Waals surface area contributed by atoms with Crippen molar-refractivity contribution in [1.82, 2.24) is 9.88 Å². The third-order valence-electron chi connectivity index (χ3n) is 2.44. The summed E-state index contributed by atoms with van der Waals surface area (Å²) in [7, 11) is 0. The van der Waals surface area contributed by atoms with Gasteiger partial charge in [-0.1, -0.05) is 24.1 Å². The Morgan fingerprint density at radius 1 is 1.27 bits per heavy atom. The fourth-order valence-electron chi connectivity index (χ4n) is 1.70. The number of nitrogens with one attached hydrogen (secondary N) is 1. The van der Waals surface area contributed by atoms with Gasteiger partial charge in [0.2, 0.25) is 0 Å². The monoisotopic (exact) mass is 198 g/mol. The van der Waals surface area contributed by atoms with Gasteiger partial charge in [0.15, 0.2) is 0 Å². The maximum atomic E-state index is 5.16. The highest BCUT2D eigenvalue weighted by Crippen LogP contribution is 2.14. The summed E-state index contributed by atoms with van der Waals surface area (Å²) in [4.78, 5) is 0. The lowest BCUT2D eigenvalue weighted by molar-refractivity contribution is 0.644. The number of aromatic nitrogens is 1. The van der Waals surface area contributed by atoms with E-state index in [1.807, 2.05) is 0 Å². The molecule has 2 nitrogen and oxygen atoms in total. The first-order chi connectivity index (χ1) is 7.42. The Balaban J connectivity index is 2.05. The third kappa shape index (κ3) is 2.20. The van der Waals surface area contributed by atoms with Gasteiger partial charge in [0.1, 0.15) is 0 Å². The van der Waals surface area contributed by atoms with E-state index in [4.69, 9.17) is 6.42 Å². The first-order valence-corrected chi connectivity index (χ1v) is 5.10. The zero-order chi connectivity index (χ0) is 10.5. The second kappa shape index (κ2) is 4.68. The van der Waals surface area contributed by atoms with Crippen molar-refractivity contribution in [3.05, 3.63) is 36.5 Å². The maximum Gasteiger partial charge on any atom is 0.0574 e. The third-order valence-corrected chi connectivity index (χ3v) is 2.44. The summed E-state index contributed by atoms with van der Waals surface area (Å²) in [5.41, 5.74) is 1.28. The molecule has 1 heterocycles. The molecule has 2 aromatic rings. The molecule has 2 heteroatoms. The van der Waals surface area contributed by atoms with E-state index in [-0.39, 0.29) is 0 Å². The Kier molecular flexibility index (Phi) is 3.06. The van der Waals surface area contributed by atoms with Gasteiger partial charge >= 0.3 is 0 Å². The molecule has 1 N–H and O–H groups in total. The highest BCUT2D eigenvalue weighted by Gasteiger charge is 1.98. The van der Waals surface area contributed by atoms with E-state index in [2.05, 4.69) is 52.3 Å². The molecule has 0 saturated heterocycles. The van der Waals surface area contributed by atoms with Gasteiger partial charge < -0.3 is 9.88 Å². The van der Waals surface area contributed by atoms with Gasteiger partial charge in [0, 0.05) is 24.8 Å². The molecule has 0 aliphatic heterocycles. The second-order valence-electron chi connectivity index (χ2n) is 3.45. The molecule has 0 atom stereocenters. The van der Waals surface area contributed by atoms with Crippen molar-refractivity contribution in [2.75, 3.05) is 13.1 Å². The molecule has 0 aliphatic rings. The fourth-order valence-corrected chi connectivity index (χ4v) is 1.70. The second-order valence-corrected chi connectivity index (χ2v) is 3.45.